The summed E-state index contributed by atoms with van der Waals surface area (Å²) >= 11 is 0. The molecule has 0 bridgehead atoms. The number of aliphatic hydroxyl groups is 1. The molecule has 2 N–H and O–H groups in total. The predicted molar refractivity (Wildman–Crippen MR) is 137 cm³/mol. The number of hydrogen-bond acceptors (Lipinski definition) is 5. The first kappa shape index (κ1) is 33.6. The third kappa shape index (κ3) is 5.77. The molecule has 2 atom stereocenters. The number of halogens is 8. The molecule has 0 radical (unpaired) electrons. The fraction of sp³-hybridized carbons (Fsp3) is 0.500. The van der Waals surface area contributed by atoms with E-state index in [9.17, 15) is 63.3 Å². The minimum atomic E-state index is -6.37. The number of likely N-dealkylation sites (tertiary alicyclic amines) is 1. The number of alkyl halides is 7. The molecule has 1 aliphatic heterocycles. The zero-order chi connectivity index (χ0) is 33.0. The van der Waals surface area contributed by atoms with Crippen molar-refractivity contribution in [3.63, 3.8) is 0 Å². The van der Waals surface area contributed by atoms with Gasteiger partial charge >= 0.3 is 24.0 Å². The molecular formula is C28H27F8NO6S. The maximum absolute atomic E-state index is 14.6. The molecule has 1 amide bonds. The summed E-state index contributed by atoms with van der Waals surface area (Å²) in [6.07, 6.45) is -13.3. The molecule has 2 aliphatic rings. The molecule has 1 heterocycles. The highest BCUT2D eigenvalue weighted by molar-refractivity contribution is 7.92. The van der Waals surface area contributed by atoms with Gasteiger partial charge in [-0.15, -0.1) is 0 Å². The lowest BCUT2D eigenvalue weighted by Crippen LogP contribution is -2.51. The van der Waals surface area contributed by atoms with Crippen LogP contribution in [0.4, 0.5) is 35.1 Å². The monoisotopic (exact) mass is 657 g/mol. The average molecular weight is 658 g/mol. The van der Waals surface area contributed by atoms with Gasteiger partial charge in [0, 0.05) is 24.6 Å². The average Bonchev–Trinajstić information content (AvgIpc) is 3.39. The van der Waals surface area contributed by atoms with E-state index < -0.39 is 86.9 Å². The van der Waals surface area contributed by atoms with Crippen molar-refractivity contribution in [2.24, 2.45) is 5.92 Å². The standard InChI is InChI=1S/C28H27F8NO6S/c1-15-12-19(6-7-21(15)29)44(42,43)22-14-37(24(40)25(41)10-8-17(9-11-25)23(38)39)13-20(22)16-2-4-18(5-3-16)26(30,27(31,32)33)28(34,35)36/h2-7,12,17,20,22,41H,8-11,13-14H2,1H3,(H,38,39)/t17?,20-,22?,25?/m1/s1. The Kier molecular flexibility index (Phi) is 8.61. The number of carboxylic acids is 1. The molecule has 0 spiro atoms. The quantitative estimate of drug-likeness (QED) is 0.327. The normalized spacial score (nSPS) is 25.2. The number of aliphatic carboxylic acids is 1. The van der Waals surface area contributed by atoms with Crippen LogP contribution in [0.3, 0.4) is 0 Å². The van der Waals surface area contributed by atoms with Gasteiger partial charge in [-0.05, 0) is 61.9 Å². The number of aryl methyl sites for hydroxylation is 1. The van der Waals surface area contributed by atoms with Crippen LogP contribution in [0.5, 0.6) is 0 Å². The molecule has 0 aromatic heterocycles. The summed E-state index contributed by atoms with van der Waals surface area (Å²) in [5.41, 5.74) is -9.72. The molecule has 242 valence electrons. The SMILES string of the molecule is Cc1cc(S(=O)(=O)C2CN(C(=O)C3(O)CCC(C(=O)O)CC3)C[C@@H]2c2ccc(C(F)(C(F)(F)F)C(F)(F)F)cc2)ccc1F. The van der Waals surface area contributed by atoms with Crippen LogP contribution in [-0.2, 0) is 25.1 Å². The van der Waals surface area contributed by atoms with Crippen LogP contribution < -0.4 is 0 Å². The number of hydrogen-bond donors (Lipinski definition) is 2. The topological polar surface area (TPSA) is 112 Å². The second kappa shape index (κ2) is 11.3. The van der Waals surface area contributed by atoms with Gasteiger partial charge in [-0.25, -0.2) is 17.2 Å². The van der Waals surface area contributed by atoms with Crippen molar-refractivity contribution < 1.29 is 63.3 Å². The molecular weight excluding hydrogens is 630 g/mol. The number of carbonyl (C=O) groups excluding carboxylic acids is 1. The lowest BCUT2D eigenvalue weighted by atomic mass is 9.78. The van der Waals surface area contributed by atoms with Crippen molar-refractivity contribution in [2.75, 3.05) is 13.1 Å². The van der Waals surface area contributed by atoms with Crippen molar-refractivity contribution in [1.29, 1.82) is 0 Å². The highest BCUT2D eigenvalue weighted by Gasteiger charge is 2.73. The van der Waals surface area contributed by atoms with E-state index in [1.807, 2.05) is 0 Å². The summed E-state index contributed by atoms with van der Waals surface area (Å²) in [5.74, 6) is -4.83. The summed E-state index contributed by atoms with van der Waals surface area (Å²) in [6, 6.07) is 4.80. The number of sulfone groups is 1. The van der Waals surface area contributed by atoms with Gasteiger partial charge in [-0.1, -0.05) is 24.3 Å². The number of carboxylic acid groups (broad SMARTS) is 1. The smallest absolute Gasteiger partial charge is 0.435 e. The number of rotatable bonds is 6. The molecule has 2 aromatic rings. The highest BCUT2D eigenvalue weighted by atomic mass is 32.2. The van der Waals surface area contributed by atoms with Crippen LogP contribution >= 0.6 is 0 Å². The highest BCUT2D eigenvalue weighted by Crippen LogP contribution is 2.53. The molecule has 16 heteroatoms. The summed E-state index contributed by atoms with van der Waals surface area (Å²) in [4.78, 5) is 25.4. The Hall–Kier alpha value is -3.27. The minimum absolute atomic E-state index is 0.0407. The van der Waals surface area contributed by atoms with Gasteiger partial charge in [0.15, 0.2) is 9.84 Å². The van der Waals surface area contributed by atoms with Gasteiger partial charge in [0.1, 0.15) is 11.4 Å². The fourth-order valence-corrected chi connectivity index (χ4v) is 7.84. The molecule has 1 aliphatic carbocycles. The van der Waals surface area contributed by atoms with E-state index >= 15 is 0 Å². The third-order valence-corrected chi connectivity index (χ3v) is 10.7. The molecule has 2 fully saturated rings. The van der Waals surface area contributed by atoms with Crippen LogP contribution in [0.15, 0.2) is 47.4 Å². The second-order valence-electron chi connectivity index (χ2n) is 11.2. The molecule has 7 nitrogen and oxygen atoms in total. The maximum Gasteiger partial charge on any atom is 0.435 e. The Morgan fingerprint density at radius 2 is 1.45 bits per heavy atom. The van der Waals surface area contributed by atoms with Crippen molar-refractivity contribution in [1.82, 2.24) is 4.90 Å². The van der Waals surface area contributed by atoms with E-state index in [0.717, 1.165) is 23.1 Å². The van der Waals surface area contributed by atoms with E-state index in [1.165, 1.54) is 6.92 Å². The van der Waals surface area contributed by atoms with Crippen molar-refractivity contribution in [3.05, 3.63) is 65.0 Å². The zero-order valence-corrected chi connectivity index (χ0v) is 23.7. The van der Waals surface area contributed by atoms with Gasteiger partial charge in [0.05, 0.1) is 16.1 Å². The fourth-order valence-electron chi connectivity index (χ4n) is 5.84. The first-order chi connectivity index (χ1) is 20.1. The number of nitrogens with zero attached hydrogens (tertiary/aromatic N) is 1. The number of amides is 1. The van der Waals surface area contributed by atoms with E-state index in [4.69, 9.17) is 0 Å². The molecule has 4 rings (SSSR count). The number of benzene rings is 2. The summed E-state index contributed by atoms with van der Waals surface area (Å²) < 4.78 is 136. The molecule has 2 aromatic carbocycles. The molecule has 44 heavy (non-hydrogen) atoms. The Bertz CT molecular complexity index is 1520. The lowest BCUT2D eigenvalue weighted by molar-refractivity contribution is -0.348. The van der Waals surface area contributed by atoms with Crippen LogP contribution in [0.1, 0.15) is 48.3 Å². The first-order valence-corrected chi connectivity index (χ1v) is 14.9. The van der Waals surface area contributed by atoms with Crippen molar-refractivity contribution in [2.45, 2.75) is 72.3 Å². The molecule has 1 unspecified atom stereocenters. The lowest BCUT2D eigenvalue weighted by Gasteiger charge is -2.36. The molecule has 1 saturated heterocycles. The van der Waals surface area contributed by atoms with E-state index in [0.29, 0.717) is 12.1 Å². The third-order valence-electron chi connectivity index (χ3n) is 8.49. The van der Waals surface area contributed by atoms with Gasteiger partial charge < -0.3 is 15.1 Å². The Morgan fingerprint density at radius 3 is 1.93 bits per heavy atom. The summed E-state index contributed by atoms with van der Waals surface area (Å²) in [6.45, 7) is 0.279. The van der Waals surface area contributed by atoms with Crippen LogP contribution in [0.2, 0.25) is 0 Å². The van der Waals surface area contributed by atoms with Crippen LogP contribution in [0, 0.1) is 18.7 Å². The Labute approximate surface area is 246 Å². The van der Waals surface area contributed by atoms with Crippen LogP contribution in [-0.4, -0.2) is 71.7 Å². The summed E-state index contributed by atoms with van der Waals surface area (Å²) in [5, 5.41) is 18.8. The largest absolute Gasteiger partial charge is 0.481 e. The first-order valence-electron chi connectivity index (χ1n) is 13.3. The van der Waals surface area contributed by atoms with Crippen molar-refractivity contribution in [3.8, 4) is 0 Å². The zero-order valence-electron chi connectivity index (χ0n) is 22.9. The summed E-state index contributed by atoms with van der Waals surface area (Å²) in [7, 11) is -4.45. The van der Waals surface area contributed by atoms with E-state index in [-0.39, 0.29) is 53.8 Å². The Morgan fingerprint density at radius 1 is 0.909 bits per heavy atom. The van der Waals surface area contributed by atoms with Crippen molar-refractivity contribution >= 4 is 21.7 Å². The second-order valence-corrected chi connectivity index (χ2v) is 13.4. The van der Waals surface area contributed by atoms with Gasteiger partial charge in [-0.3, -0.25) is 9.59 Å². The Balaban J connectivity index is 1.73. The minimum Gasteiger partial charge on any atom is -0.481 e. The van der Waals surface area contributed by atoms with E-state index in [1.54, 1.807) is 0 Å². The van der Waals surface area contributed by atoms with E-state index in [2.05, 4.69) is 0 Å². The van der Waals surface area contributed by atoms with Gasteiger partial charge in [0.25, 0.3) is 5.91 Å². The van der Waals surface area contributed by atoms with Crippen LogP contribution in [0.25, 0.3) is 0 Å². The number of carbonyl (C=O) groups is 2. The maximum atomic E-state index is 14.6. The molecule has 1 saturated carbocycles. The van der Waals surface area contributed by atoms with Gasteiger partial charge in [-0.2, -0.15) is 26.3 Å². The van der Waals surface area contributed by atoms with Gasteiger partial charge in [0.2, 0.25) is 0 Å². The predicted octanol–water partition coefficient (Wildman–Crippen LogP) is 5.20.